The molecular weight excluding hydrogens is 1690 g/mol. The number of rotatable bonds is 58. The number of amides is 6. The van der Waals surface area contributed by atoms with Crippen LogP contribution in [0, 0.1) is 11.6 Å². The fourth-order valence-corrected chi connectivity index (χ4v) is 13.3. The third-order valence-electron chi connectivity index (χ3n) is 19.3. The molecular formula is C79H105F2N9O36. The van der Waals surface area contributed by atoms with Crippen molar-refractivity contribution >= 4 is 106 Å². The van der Waals surface area contributed by atoms with E-state index in [1.807, 2.05) is 0 Å². The van der Waals surface area contributed by atoms with Crippen LogP contribution in [-0.2, 0) is 100 Å². The van der Waals surface area contributed by atoms with E-state index in [1.165, 1.54) is 26.8 Å². The van der Waals surface area contributed by atoms with Crippen molar-refractivity contribution in [2.45, 2.75) is 88.8 Å². The van der Waals surface area contributed by atoms with Gasteiger partial charge >= 0.3 is 59.7 Å². The smallest absolute Gasteiger partial charge is 0.336 e. The van der Waals surface area contributed by atoms with E-state index in [9.17, 15) is 146 Å². The summed E-state index contributed by atoms with van der Waals surface area (Å²) in [6.07, 6.45) is -4.53. The Bertz CT molecular complexity index is 4370. The Kier molecular flexibility index (Phi) is 45.8. The van der Waals surface area contributed by atoms with Gasteiger partial charge < -0.3 is 124 Å². The normalized spacial score (nSPS) is 13.7. The Hall–Kier alpha value is -12.1. The SMILES string of the molecule is O=C(O)CN(CC(=O)O)[C@@H](CCC(=O)N1CCCN(C(=O)CC[C@@H](C(=O)O)N(CC(=O)O)CC(=O)O)CCN(C(=O)CC[C@@H](C(=O)O)N(CC(=O)O)CC(=O)O)CCCN(C(=O)CCCC(=O)NCCOCCOCCOCCOCCOCCOCCOCCNC(=O)c2ccc(C(=O)O)c(-c3c4cc(F)c(=O)cc-4oc4cc(O)c(F)cc34)c2)CC1)C(=O)O. The molecule has 1 fully saturated rings. The number of phenols is 1. The van der Waals surface area contributed by atoms with Gasteiger partial charge in [-0.05, 0) is 74.4 Å². The number of aliphatic carboxylic acids is 9. The van der Waals surface area contributed by atoms with Crippen LogP contribution in [-0.4, -0.2) is 401 Å². The Labute approximate surface area is 717 Å². The first-order chi connectivity index (χ1) is 60.0. The van der Waals surface area contributed by atoms with Crippen molar-refractivity contribution in [1.29, 1.82) is 0 Å². The van der Waals surface area contributed by atoms with Crippen molar-refractivity contribution in [3.63, 3.8) is 0 Å². The molecule has 0 aromatic heterocycles. The predicted molar refractivity (Wildman–Crippen MR) is 426 cm³/mol. The van der Waals surface area contributed by atoms with Crippen LogP contribution in [0.2, 0.25) is 0 Å². The minimum Gasteiger partial charge on any atom is -0.505 e. The second kappa shape index (κ2) is 55.3. The number of aromatic hydroxyl groups is 1. The first-order valence-electron chi connectivity index (χ1n) is 39.8. The number of carbonyl (C=O) groups excluding carboxylic acids is 6. The zero-order valence-corrected chi connectivity index (χ0v) is 68.8. The Morgan fingerprint density at radius 3 is 1.10 bits per heavy atom. The van der Waals surface area contributed by atoms with Crippen molar-refractivity contribution in [2.24, 2.45) is 0 Å². The zero-order chi connectivity index (χ0) is 93.0. The fraction of sp³-hybridized carbons (Fsp3) is 0.557. The Morgan fingerprint density at radius 2 is 0.754 bits per heavy atom. The van der Waals surface area contributed by atoms with Gasteiger partial charge in [0.05, 0.1) is 137 Å². The van der Waals surface area contributed by atoms with Gasteiger partial charge in [0.15, 0.2) is 17.4 Å². The number of carbonyl (C=O) groups is 16. The molecule has 13 N–H and O–H groups in total. The predicted octanol–water partition coefficient (Wildman–Crippen LogP) is -0.399. The molecule has 1 saturated heterocycles. The lowest BCUT2D eigenvalue weighted by atomic mass is 9.89. The highest BCUT2D eigenvalue weighted by Gasteiger charge is 2.36. The summed E-state index contributed by atoms with van der Waals surface area (Å²) in [5.74, 6) is -23.3. The highest BCUT2D eigenvalue weighted by Crippen LogP contribution is 2.43. The van der Waals surface area contributed by atoms with Gasteiger partial charge in [-0.2, -0.15) is 0 Å². The number of aromatic carboxylic acids is 1. The second-order valence-electron chi connectivity index (χ2n) is 28.4. The standard InChI is InChI=1S/C79H105F2N9O36/c80-54-39-52-61(41-59(54)91)126-62-42-60(92)55(81)40-53(62)74(52)51-38-49(6-7-50(51)76(111)112)75(110)83-15-25-120-27-29-122-31-33-124-35-37-125-36-34-123-32-30-121-28-26-119-24-14-82-63(93)4-1-5-64(94)84-16-2-17-86(66(96)12-9-57(78(115)116)89(45-70(102)103)46-71(104)105)22-23-87(67(97)13-10-58(79(117)118)90(47-72(106)107)48-73(108)109)19-3-18-85(21-20-84)65(95)11-8-56(77(113)114)88(43-68(98)99)44-69(100)101/h6-7,38-42,56-58,91H,1-5,8-37,43-48H2,(H,82,93)(H,83,110)(H,98,99)(H,100,101)(H,102,103)(H,104,105)(H,106,107)(H,108,109)(H,111,112)(H,113,114)(H,115,116)(H,117,118)/t56-,57-,58-/m0/s1. The molecule has 0 bridgehead atoms. The van der Waals surface area contributed by atoms with Crippen LogP contribution in [0.15, 0.2) is 51.7 Å². The molecule has 3 aliphatic rings. The molecule has 2 heterocycles. The first-order valence-corrected chi connectivity index (χ1v) is 39.8. The topological polar surface area (TPSA) is 637 Å². The van der Waals surface area contributed by atoms with Crippen molar-refractivity contribution in [2.75, 3.05) is 197 Å². The van der Waals surface area contributed by atoms with Gasteiger partial charge in [0.2, 0.25) is 35.0 Å². The van der Waals surface area contributed by atoms with Gasteiger partial charge in [-0.25, -0.2) is 13.6 Å². The van der Waals surface area contributed by atoms with Crippen LogP contribution >= 0.6 is 0 Å². The zero-order valence-electron chi connectivity index (χ0n) is 68.8. The molecule has 5 rings (SSSR count). The number of hydrogen-bond acceptors (Lipinski definition) is 29. The Balaban J connectivity index is 1.04. The minimum absolute atomic E-state index is 0.0130. The summed E-state index contributed by atoms with van der Waals surface area (Å²) in [6.45, 7) is -5.69. The number of nitrogens with zero attached hydrogens (tertiary/aromatic N) is 7. The molecule has 696 valence electrons. The summed E-state index contributed by atoms with van der Waals surface area (Å²) in [5.41, 5.74) is -1.84. The average molecular weight is 1790 g/mol. The third kappa shape index (κ3) is 37.4. The van der Waals surface area contributed by atoms with E-state index in [1.54, 1.807) is 0 Å². The Morgan fingerprint density at radius 1 is 0.405 bits per heavy atom. The van der Waals surface area contributed by atoms with Crippen molar-refractivity contribution in [3.8, 4) is 28.2 Å². The fourth-order valence-electron chi connectivity index (χ4n) is 13.3. The van der Waals surface area contributed by atoms with Gasteiger partial charge in [0, 0.05) is 132 Å². The molecule has 0 unspecified atom stereocenters. The van der Waals surface area contributed by atoms with Crippen molar-refractivity contribution in [3.05, 3.63) is 75.4 Å². The summed E-state index contributed by atoms with van der Waals surface area (Å²) >= 11 is 0. The van der Waals surface area contributed by atoms with Gasteiger partial charge in [0.25, 0.3) is 5.91 Å². The maximum atomic E-state index is 14.7. The second-order valence-corrected chi connectivity index (χ2v) is 28.4. The van der Waals surface area contributed by atoms with Crippen LogP contribution in [0.3, 0.4) is 0 Å². The average Bonchev–Trinajstić information content (AvgIpc) is 0.738. The van der Waals surface area contributed by atoms with Crippen LogP contribution in [0.25, 0.3) is 33.4 Å². The molecule has 6 amide bonds. The van der Waals surface area contributed by atoms with E-state index in [4.69, 9.17) is 37.6 Å². The van der Waals surface area contributed by atoms with Crippen LogP contribution in [0.1, 0.15) is 91.3 Å². The summed E-state index contributed by atoms with van der Waals surface area (Å²) in [7, 11) is 0. The highest BCUT2D eigenvalue weighted by molar-refractivity contribution is 6.09. The van der Waals surface area contributed by atoms with E-state index in [0.29, 0.717) is 14.7 Å². The summed E-state index contributed by atoms with van der Waals surface area (Å²) < 4.78 is 73.7. The molecule has 0 radical (unpaired) electrons. The van der Waals surface area contributed by atoms with E-state index in [2.05, 4.69) is 10.6 Å². The molecule has 2 aromatic carbocycles. The molecule has 3 atom stereocenters. The number of ether oxygens (including phenoxy) is 7. The first kappa shape index (κ1) is 104. The third-order valence-corrected chi connectivity index (χ3v) is 19.3. The van der Waals surface area contributed by atoms with E-state index in [-0.39, 0.29) is 228 Å². The molecule has 47 heteroatoms. The molecule has 1 aliphatic carbocycles. The van der Waals surface area contributed by atoms with Crippen LogP contribution in [0.4, 0.5) is 8.78 Å². The molecule has 126 heavy (non-hydrogen) atoms. The van der Waals surface area contributed by atoms with Gasteiger partial charge in [0.1, 0.15) is 29.5 Å². The van der Waals surface area contributed by atoms with Crippen molar-refractivity contribution < 1.29 is 179 Å². The lowest BCUT2D eigenvalue weighted by molar-refractivity contribution is -0.152. The molecule has 0 saturated carbocycles. The molecule has 2 aromatic rings. The van der Waals surface area contributed by atoms with Gasteiger partial charge in [-0.1, -0.05) is 0 Å². The monoisotopic (exact) mass is 1790 g/mol. The number of phenolic OH excluding ortho intramolecular Hbond substituents is 1. The number of benzene rings is 3. The minimum atomic E-state index is -1.84. The molecule has 45 nitrogen and oxygen atoms in total. The lowest BCUT2D eigenvalue weighted by Gasteiger charge is -2.33. The molecule has 0 spiro atoms. The number of fused-ring (bicyclic) bond motifs is 2. The largest absolute Gasteiger partial charge is 0.505 e. The number of carboxylic acid groups (broad SMARTS) is 10. The summed E-state index contributed by atoms with van der Waals surface area (Å²) in [6, 6.07) is 1.57. The number of halogens is 2. The van der Waals surface area contributed by atoms with Crippen molar-refractivity contribution in [1.82, 2.24) is 44.9 Å². The van der Waals surface area contributed by atoms with E-state index in [0.717, 1.165) is 35.2 Å². The lowest BCUT2D eigenvalue weighted by Crippen LogP contribution is -2.49. The maximum absolute atomic E-state index is 14.7. The van der Waals surface area contributed by atoms with E-state index < -0.39 is 220 Å². The number of nitrogens with one attached hydrogen (secondary N) is 2. The van der Waals surface area contributed by atoms with Gasteiger partial charge in [-0.15, -0.1) is 0 Å². The van der Waals surface area contributed by atoms with Gasteiger partial charge in [-0.3, -0.25) is 91.4 Å². The van der Waals surface area contributed by atoms with Crippen LogP contribution in [0.5, 0.6) is 5.75 Å². The number of hydrogen-bond donors (Lipinski definition) is 13. The quantitative estimate of drug-likeness (QED) is 0.0198. The highest BCUT2D eigenvalue weighted by atomic mass is 19.1. The summed E-state index contributed by atoms with van der Waals surface area (Å²) in [4.78, 5) is 222. The summed E-state index contributed by atoms with van der Waals surface area (Å²) in [5, 5.41) is 113. The molecule has 2 aliphatic heterocycles. The van der Waals surface area contributed by atoms with E-state index >= 15 is 0 Å². The van der Waals surface area contributed by atoms with Crippen LogP contribution < -0.4 is 16.1 Å². The number of carboxylic acids is 10. The maximum Gasteiger partial charge on any atom is 0.336 e.